The first-order valence-electron chi connectivity index (χ1n) is 10.3. The van der Waals surface area contributed by atoms with Crippen LogP contribution in [0.25, 0.3) is 22.1 Å². The highest BCUT2D eigenvalue weighted by molar-refractivity contribution is 6.31. The molecule has 2 heterocycles. The van der Waals surface area contributed by atoms with E-state index >= 15 is 0 Å². The van der Waals surface area contributed by atoms with Crippen LogP contribution in [-0.2, 0) is 6.18 Å². The summed E-state index contributed by atoms with van der Waals surface area (Å²) in [6, 6.07) is 18.9. The van der Waals surface area contributed by atoms with Crippen molar-refractivity contribution in [2.45, 2.75) is 12.1 Å². The van der Waals surface area contributed by atoms with E-state index in [1.54, 1.807) is 48.5 Å². The second kappa shape index (κ2) is 8.22. The maximum Gasteiger partial charge on any atom is 0.417 e. The molecule has 1 unspecified atom stereocenters. The molecule has 0 saturated heterocycles. The van der Waals surface area contributed by atoms with Crippen LogP contribution >= 0.6 is 11.6 Å². The number of alkyl halides is 3. The molecule has 0 saturated carbocycles. The molecular formula is C26H14ClF3N2O3. The Balaban J connectivity index is 1.64. The number of hydrogen-bond acceptors (Lipinski definition) is 5. The maximum atomic E-state index is 13.3. The lowest BCUT2D eigenvalue weighted by Gasteiger charge is -2.26. The monoisotopic (exact) mass is 494 g/mol. The van der Waals surface area contributed by atoms with Crippen molar-refractivity contribution in [2.75, 3.05) is 0 Å². The molecule has 4 aromatic rings. The number of nitrogens with zero attached hydrogens (tertiary/aromatic N) is 1. The van der Waals surface area contributed by atoms with Gasteiger partial charge in [0.25, 0.3) is 0 Å². The number of ether oxygens (including phenoxy) is 1. The van der Waals surface area contributed by atoms with Gasteiger partial charge in [0.2, 0.25) is 5.88 Å². The number of benzene rings is 3. The van der Waals surface area contributed by atoms with Gasteiger partial charge in [0.05, 0.1) is 27.5 Å². The summed E-state index contributed by atoms with van der Waals surface area (Å²) in [5, 5.41) is 9.89. The highest BCUT2D eigenvalue weighted by Crippen LogP contribution is 2.44. The van der Waals surface area contributed by atoms with Gasteiger partial charge in [-0.15, -0.1) is 0 Å². The van der Waals surface area contributed by atoms with Crippen LogP contribution in [0.5, 0.6) is 5.75 Å². The van der Waals surface area contributed by atoms with E-state index in [0.717, 1.165) is 6.07 Å². The average Bonchev–Trinajstić information content (AvgIpc) is 2.83. The Bertz CT molecular complexity index is 1620. The molecule has 2 N–H and O–H groups in total. The highest BCUT2D eigenvalue weighted by atomic mass is 35.5. The van der Waals surface area contributed by atoms with Gasteiger partial charge in [0, 0.05) is 0 Å². The number of allylic oxidation sites excluding steroid dienone is 1. The van der Waals surface area contributed by atoms with E-state index in [1.165, 1.54) is 12.1 Å². The van der Waals surface area contributed by atoms with Crippen LogP contribution in [0.3, 0.4) is 0 Å². The second-order valence-corrected chi connectivity index (χ2v) is 8.27. The largest absolute Gasteiger partial charge is 0.439 e. The molecule has 0 fully saturated rings. The summed E-state index contributed by atoms with van der Waals surface area (Å²) in [4.78, 5) is 12.9. The minimum Gasteiger partial charge on any atom is -0.439 e. The minimum absolute atomic E-state index is 0.0266. The van der Waals surface area contributed by atoms with Crippen molar-refractivity contribution in [1.82, 2.24) is 0 Å². The van der Waals surface area contributed by atoms with E-state index in [4.69, 9.17) is 26.5 Å². The summed E-state index contributed by atoms with van der Waals surface area (Å²) in [6.07, 6.45) is -4.60. The van der Waals surface area contributed by atoms with E-state index < -0.39 is 28.3 Å². The average molecular weight is 495 g/mol. The number of nitrogens with two attached hydrogens (primary N) is 1. The van der Waals surface area contributed by atoms with Crippen LogP contribution in [0.2, 0.25) is 5.02 Å². The van der Waals surface area contributed by atoms with Gasteiger partial charge in [-0.3, -0.25) is 0 Å². The molecule has 1 aromatic heterocycles. The summed E-state index contributed by atoms with van der Waals surface area (Å²) in [7, 11) is 0. The third kappa shape index (κ3) is 3.80. The topological polar surface area (TPSA) is 89.3 Å². The number of para-hydroxylation sites is 1. The van der Waals surface area contributed by atoms with Crippen LogP contribution in [0.1, 0.15) is 22.6 Å². The van der Waals surface area contributed by atoms with E-state index in [9.17, 15) is 23.2 Å². The zero-order valence-corrected chi connectivity index (χ0v) is 18.4. The molecule has 5 nitrogen and oxygen atoms in total. The van der Waals surface area contributed by atoms with Gasteiger partial charge in [-0.05, 0) is 41.0 Å². The Kier molecular flexibility index (Phi) is 5.30. The summed E-state index contributed by atoms with van der Waals surface area (Å²) >= 11 is 5.73. The van der Waals surface area contributed by atoms with Crippen LogP contribution < -0.4 is 16.1 Å². The van der Waals surface area contributed by atoms with Gasteiger partial charge in [-0.2, -0.15) is 18.4 Å². The highest BCUT2D eigenvalue weighted by Gasteiger charge is 2.36. The van der Waals surface area contributed by atoms with Crippen LogP contribution in [0.4, 0.5) is 13.2 Å². The lowest BCUT2D eigenvalue weighted by molar-refractivity contribution is -0.137. The standard InChI is InChI=1S/C26H14ClF3N2O3/c27-19-10-9-15(11-18(19)26(28,29)30)13-5-7-14(8-6-13)21-17(12-31)24(32)35-23-16-3-1-2-4-20(16)34-25(33)22(21)23/h1-11,21H,32H2. The van der Waals surface area contributed by atoms with Crippen LogP contribution in [0, 0.1) is 11.3 Å². The van der Waals surface area contributed by atoms with Gasteiger partial charge in [0.1, 0.15) is 17.2 Å². The van der Waals surface area contributed by atoms with Crippen molar-refractivity contribution in [3.8, 4) is 22.9 Å². The van der Waals surface area contributed by atoms with Crippen molar-refractivity contribution in [1.29, 1.82) is 5.26 Å². The Morgan fingerprint density at radius 2 is 1.69 bits per heavy atom. The molecule has 3 aromatic carbocycles. The number of fused-ring (bicyclic) bond motifs is 3. The third-order valence-electron chi connectivity index (χ3n) is 5.82. The van der Waals surface area contributed by atoms with E-state index in [0.29, 0.717) is 27.7 Å². The smallest absolute Gasteiger partial charge is 0.417 e. The van der Waals surface area contributed by atoms with Crippen molar-refractivity contribution in [3.05, 3.63) is 110 Å². The van der Waals surface area contributed by atoms with E-state index in [-0.39, 0.29) is 22.8 Å². The van der Waals surface area contributed by atoms with Gasteiger partial charge in [-0.1, -0.05) is 54.1 Å². The maximum absolute atomic E-state index is 13.3. The summed E-state index contributed by atoms with van der Waals surface area (Å²) in [5.74, 6) is -0.818. The second-order valence-electron chi connectivity index (χ2n) is 7.87. The molecule has 0 aliphatic carbocycles. The van der Waals surface area contributed by atoms with E-state index in [2.05, 4.69) is 0 Å². The fourth-order valence-electron chi connectivity index (χ4n) is 4.19. The molecule has 0 bridgehead atoms. The van der Waals surface area contributed by atoms with Crippen molar-refractivity contribution >= 4 is 22.6 Å². The first-order chi connectivity index (χ1) is 16.7. The fourth-order valence-corrected chi connectivity index (χ4v) is 4.41. The molecule has 1 atom stereocenters. The number of hydrogen-bond donors (Lipinski definition) is 1. The summed E-state index contributed by atoms with van der Waals surface area (Å²) in [5.41, 5.74) is 6.20. The van der Waals surface area contributed by atoms with Gasteiger partial charge >= 0.3 is 11.8 Å². The Labute approximate surface area is 201 Å². The predicted molar refractivity (Wildman–Crippen MR) is 124 cm³/mol. The van der Waals surface area contributed by atoms with Crippen LogP contribution in [-0.4, -0.2) is 0 Å². The van der Waals surface area contributed by atoms with Crippen molar-refractivity contribution in [3.63, 3.8) is 0 Å². The minimum atomic E-state index is -4.60. The number of halogens is 4. The lowest BCUT2D eigenvalue weighted by Crippen LogP contribution is -2.26. The van der Waals surface area contributed by atoms with E-state index in [1.807, 2.05) is 6.07 Å². The Morgan fingerprint density at radius 3 is 2.37 bits per heavy atom. The van der Waals surface area contributed by atoms with Gasteiger partial charge < -0.3 is 14.9 Å². The molecule has 1 aliphatic heterocycles. The zero-order chi connectivity index (χ0) is 24.9. The zero-order valence-electron chi connectivity index (χ0n) is 17.7. The Hall–Kier alpha value is -4.22. The van der Waals surface area contributed by atoms with Crippen molar-refractivity contribution < 1.29 is 22.3 Å². The quantitative estimate of drug-likeness (QED) is 0.328. The summed E-state index contributed by atoms with van der Waals surface area (Å²) in [6.45, 7) is 0. The predicted octanol–water partition coefficient (Wildman–Crippen LogP) is 6.35. The first-order valence-corrected chi connectivity index (χ1v) is 10.7. The molecule has 0 radical (unpaired) electrons. The fraction of sp³-hybridized carbons (Fsp3) is 0.0769. The number of rotatable bonds is 2. The van der Waals surface area contributed by atoms with Gasteiger partial charge in [-0.25, -0.2) is 4.79 Å². The molecule has 35 heavy (non-hydrogen) atoms. The molecule has 9 heteroatoms. The molecule has 0 amide bonds. The molecule has 174 valence electrons. The van der Waals surface area contributed by atoms with Crippen molar-refractivity contribution in [2.24, 2.45) is 5.73 Å². The molecule has 5 rings (SSSR count). The van der Waals surface area contributed by atoms with Crippen LogP contribution in [0.15, 0.2) is 87.4 Å². The Morgan fingerprint density at radius 1 is 1.00 bits per heavy atom. The first kappa shape index (κ1) is 22.6. The summed E-state index contributed by atoms with van der Waals surface area (Å²) < 4.78 is 51.0. The lowest BCUT2D eigenvalue weighted by atomic mass is 9.83. The SMILES string of the molecule is N#CC1=C(N)Oc2c(c(=O)oc3ccccc23)C1c1ccc(-c2ccc(Cl)c(C(F)(F)F)c2)cc1. The third-order valence-corrected chi connectivity index (χ3v) is 6.15. The molecular weight excluding hydrogens is 481 g/mol. The number of nitriles is 1. The molecule has 1 aliphatic rings. The van der Waals surface area contributed by atoms with Gasteiger partial charge in [0.15, 0.2) is 5.75 Å². The normalized spacial score (nSPS) is 15.5. The molecule has 0 spiro atoms.